The highest BCUT2D eigenvalue weighted by molar-refractivity contribution is 6.29. The van der Waals surface area contributed by atoms with Gasteiger partial charge in [-0.2, -0.15) is 0 Å². The first-order valence-electron chi connectivity index (χ1n) is 5.76. The number of hydrogen-bond acceptors (Lipinski definition) is 2. The average molecular weight is 280 g/mol. The Morgan fingerprint density at radius 2 is 1.95 bits per heavy atom. The molecule has 1 aromatic carbocycles. The van der Waals surface area contributed by atoms with E-state index >= 15 is 0 Å². The molecule has 1 amide bonds. The average Bonchev–Trinajstić information content (AvgIpc) is 2.63. The lowest BCUT2D eigenvalue weighted by Gasteiger charge is -2.07. The number of carbonyl (C=O) groups is 1. The van der Waals surface area contributed by atoms with Crippen LogP contribution in [0.5, 0.6) is 0 Å². The molecule has 6 heteroatoms. The topological polar surface area (TPSA) is 56.0 Å². The Bertz CT molecular complexity index is 659. The molecule has 2 aromatic rings. The van der Waals surface area contributed by atoms with Crippen LogP contribution < -0.4 is 10.9 Å². The van der Waals surface area contributed by atoms with Crippen LogP contribution in [0.15, 0.2) is 35.1 Å². The van der Waals surface area contributed by atoms with Crippen molar-refractivity contribution in [2.24, 2.45) is 7.05 Å². The lowest BCUT2D eigenvalue weighted by Crippen LogP contribution is -2.23. The lowest BCUT2D eigenvalue weighted by molar-refractivity contribution is -0.113. The number of aromatic nitrogens is 2. The number of anilines is 1. The molecule has 0 saturated heterocycles. The molecule has 0 unspecified atom stereocenters. The molecule has 1 N–H and O–H groups in total. The number of para-hydroxylation sites is 1. The van der Waals surface area contributed by atoms with Crippen LogP contribution in [0.1, 0.15) is 5.69 Å². The molecular weight excluding hydrogens is 266 g/mol. The third-order valence-electron chi connectivity index (χ3n) is 2.94. The van der Waals surface area contributed by atoms with E-state index in [1.807, 2.05) is 30.3 Å². The van der Waals surface area contributed by atoms with Crippen molar-refractivity contribution in [2.75, 3.05) is 11.2 Å². The number of benzene rings is 1. The second-order valence-electron chi connectivity index (χ2n) is 4.12. The van der Waals surface area contributed by atoms with Crippen molar-refractivity contribution in [3.8, 4) is 5.69 Å². The maximum absolute atomic E-state index is 12.3. The van der Waals surface area contributed by atoms with Crippen LogP contribution >= 0.6 is 11.6 Å². The van der Waals surface area contributed by atoms with E-state index in [1.165, 1.54) is 4.68 Å². The number of halogens is 1. The fraction of sp³-hybridized carbons (Fsp3) is 0.231. The van der Waals surface area contributed by atoms with Gasteiger partial charge in [0.2, 0.25) is 5.91 Å². The molecule has 19 heavy (non-hydrogen) atoms. The van der Waals surface area contributed by atoms with E-state index in [9.17, 15) is 9.59 Å². The van der Waals surface area contributed by atoms with Gasteiger partial charge in [0, 0.05) is 7.05 Å². The van der Waals surface area contributed by atoms with Crippen LogP contribution in [0.2, 0.25) is 0 Å². The molecule has 0 aliphatic rings. The van der Waals surface area contributed by atoms with E-state index in [0.29, 0.717) is 5.69 Å². The molecule has 0 aliphatic heterocycles. The van der Waals surface area contributed by atoms with Gasteiger partial charge < -0.3 is 5.32 Å². The summed E-state index contributed by atoms with van der Waals surface area (Å²) in [6.07, 6.45) is 0. The number of carbonyl (C=O) groups excluding carboxylic acids is 1. The van der Waals surface area contributed by atoms with Gasteiger partial charge in [0.15, 0.2) is 0 Å². The smallest absolute Gasteiger partial charge is 0.295 e. The fourth-order valence-corrected chi connectivity index (χ4v) is 1.95. The molecule has 2 rings (SSSR count). The molecular formula is C13H14ClN3O2. The molecule has 0 saturated carbocycles. The summed E-state index contributed by atoms with van der Waals surface area (Å²) in [5, 5.41) is 2.53. The zero-order valence-corrected chi connectivity index (χ0v) is 11.4. The highest BCUT2D eigenvalue weighted by atomic mass is 35.5. The fourth-order valence-electron chi connectivity index (χ4n) is 1.89. The van der Waals surface area contributed by atoms with Gasteiger partial charge in [0.25, 0.3) is 5.56 Å². The highest BCUT2D eigenvalue weighted by Gasteiger charge is 2.17. The minimum absolute atomic E-state index is 0.181. The molecule has 1 aromatic heterocycles. The van der Waals surface area contributed by atoms with Gasteiger partial charge in [-0.25, -0.2) is 4.68 Å². The maximum Gasteiger partial charge on any atom is 0.295 e. The molecule has 0 fully saturated rings. The van der Waals surface area contributed by atoms with E-state index in [2.05, 4.69) is 5.32 Å². The second kappa shape index (κ2) is 5.32. The Balaban J connectivity index is 2.56. The van der Waals surface area contributed by atoms with E-state index in [0.717, 1.165) is 5.69 Å². The third kappa shape index (κ3) is 2.42. The van der Waals surface area contributed by atoms with Crippen LogP contribution in [0.25, 0.3) is 5.69 Å². The van der Waals surface area contributed by atoms with Gasteiger partial charge in [-0.05, 0) is 19.1 Å². The summed E-state index contributed by atoms with van der Waals surface area (Å²) in [6.45, 7) is 1.77. The van der Waals surface area contributed by atoms with Crippen molar-refractivity contribution in [1.82, 2.24) is 9.36 Å². The third-order valence-corrected chi connectivity index (χ3v) is 3.18. The SMILES string of the molecule is Cc1c(NC(=O)CCl)c(=O)n(-c2ccccc2)n1C. The van der Waals surface area contributed by atoms with Crippen LogP contribution in [0.4, 0.5) is 5.69 Å². The van der Waals surface area contributed by atoms with Crippen molar-refractivity contribution in [3.05, 3.63) is 46.4 Å². The van der Waals surface area contributed by atoms with Crippen molar-refractivity contribution < 1.29 is 4.79 Å². The van der Waals surface area contributed by atoms with Crippen molar-refractivity contribution >= 4 is 23.2 Å². The number of nitrogens with one attached hydrogen (secondary N) is 1. The molecule has 1 heterocycles. The first kappa shape index (κ1) is 13.4. The van der Waals surface area contributed by atoms with E-state index in [1.54, 1.807) is 18.7 Å². The summed E-state index contributed by atoms with van der Waals surface area (Å²) in [6, 6.07) is 9.23. The molecule has 100 valence electrons. The summed E-state index contributed by atoms with van der Waals surface area (Å²) in [5.74, 6) is -0.577. The quantitative estimate of drug-likeness (QED) is 0.869. The highest BCUT2D eigenvalue weighted by Crippen LogP contribution is 2.13. The Kier molecular flexibility index (Phi) is 3.76. The molecule has 0 spiro atoms. The predicted molar refractivity (Wildman–Crippen MR) is 75.1 cm³/mol. The zero-order valence-electron chi connectivity index (χ0n) is 10.7. The normalized spacial score (nSPS) is 10.5. The summed E-state index contributed by atoms with van der Waals surface area (Å²) >= 11 is 5.44. The largest absolute Gasteiger partial charge is 0.319 e. The van der Waals surface area contributed by atoms with Crippen LogP contribution in [-0.2, 0) is 11.8 Å². The van der Waals surface area contributed by atoms with Crippen LogP contribution in [0.3, 0.4) is 0 Å². The van der Waals surface area contributed by atoms with Gasteiger partial charge in [0.05, 0.1) is 11.4 Å². The van der Waals surface area contributed by atoms with Gasteiger partial charge >= 0.3 is 0 Å². The second-order valence-corrected chi connectivity index (χ2v) is 4.39. The molecule has 0 aliphatic carbocycles. The number of amides is 1. The first-order chi connectivity index (χ1) is 9.06. The molecule has 0 radical (unpaired) electrons. The minimum Gasteiger partial charge on any atom is -0.319 e. The van der Waals surface area contributed by atoms with Gasteiger partial charge in [-0.15, -0.1) is 11.6 Å². The number of rotatable bonds is 3. The summed E-state index contributed by atoms with van der Waals surface area (Å²) < 4.78 is 3.20. The van der Waals surface area contributed by atoms with Gasteiger partial charge in [-0.1, -0.05) is 18.2 Å². The monoisotopic (exact) mass is 279 g/mol. The predicted octanol–water partition coefficient (Wildman–Crippen LogP) is 1.66. The van der Waals surface area contributed by atoms with Gasteiger partial charge in [0.1, 0.15) is 11.6 Å². The number of alkyl halides is 1. The summed E-state index contributed by atoms with van der Waals surface area (Å²) in [7, 11) is 1.76. The number of hydrogen-bond donors (Lipinski definition) is 1. The lowest BCUT2D eigenvalue weighted by atomic mass is 10.3. The van der Waals surface area contributed by atoms with E-state index < -0.39 is 5.91 Å². The number of nitrogens with zero attached hydrogens (tertiary/aromatic N) is 2. The van der Waals surface area contributed by atoms with Crippen LogP contribution in [0, 0.1) is 6.92 Å². The summed E-state index contributed by atoms with van der Waals surface area (Å²) in [4.78, 5) is 23.7. The Morgan fingerprint density at radius 1 is 1.32 bits per heavy atom. The van der Waals surface area contributed by atoms with Crippen LogP contribution in [-0.4, -0.2) is 21.2 Å². The van der Waals surface area contributed by atoms with E-state index in [4.69, 9.17) is 11.6 Å². The minimum atomic E-state index is -0.396. The zero-order chi connectivity index (χ0) is 14.0. The molecule has 0 bridgehead atoms. The van der Waals surface area contributed by atoms with E-state index in [-0.39, 0.29) is 17.1 Å². The van der Waals surface area contributed by atoms with Crippen molar-refractivity contribution in [3.63, 3.8) is 0 Å². The Labute approximate surface area is 115 Å². The molecule has 5 nitrogen and oxygen atoms in total. The van der Waals surface area contributed by atoms with Crippen molar-refractivity contribution in [2.45, 2.75) is 6.92 Å². The first-order valence-corrected chi connectivity index (χ1v) is 6.29. The van der Waals surface area contributed by atoms with Gasteiger partial charge in [-0.3, -0.25) is 14.3 Å². The maximum atomic E-state index is 12.3. The Hall–Kier alpha value is -2.01. The Morgan fingerprint density at radius 3 is 2.53 bits per heavy atom. The van der Waals surface area contributed by atoms with Crippen molar-refractivity contribution in [1.29, 1.82) is 0 Å². The molecule has 0 atom stereocenters. The summed E-state index contributed by atoms with van der Waals surface area (Å²) in [5.41, 5.74) is 1.40. The standard InChI is InChI=1S/C13H14ClN3O2/c1-9-12(15-11(18)8-14)13(19)17(16(9)2)10-6-4-3-5-7-10/h3-7H,8H2,1-2H3,(H,15,18).